The van der Waals surface area contributed by atoms with Gasteiger partial charge in [0.05, 0.1) is 6.54 Å². The summed E-state index contributed by atoms with van der Waals surface area (Å²) in [6.07, 6.45) is 0. The molecule has 1 atom stereocenters. The Morgan fingerprint density at radius 1 is 1.43 bits per heavy atom. The molecule has 1 unspecified atom stereocenters. The number of benzene rings is 1. The predicted octanol–water partition coefficient (Wildman–Crippen LogP) is 1.75. The third-order valence-corrected chi connectivity index (χ3v) is 2.30. The van der Waals surface area contributed by atoms with Crippen LogP contribution in [0.5, 0.6) is 0 Å². The van der Waals surface area contributed by atoms with E-state index in [4.69, 9.17) is 0 Å². The van der Waals surface area contributed by atoms with E-state index in [0.29, 0.717) is 6.04 Å². The maximum Gasteiger partial charge on any atom is 0.196 e. The van der Waals surface area contributed by atoms with Gasteiger partial charge in [-0.15, -0.1) is 0 Å². The fourth-order valence-electron chi connectivity index (χ4n) is 1.47. The zero-order chi connectivity index (χ0) is 9.97. The number of aryl methyl sites for hydroxylation is 1. The average molecular weight is 189 g/mol. The van der Waals surface area contributed by atoms with Gasteiger partial charge in [0.25, 0.3) is 0 Å². The van der Waals surface area contributed by atoms with Gasteiger partial charge in [0, 0.05) is 11.7 Å². The van der Waals surface area contributed by atoms with Crippen LogP contribution in [0, 0.1) is 6.92 Å². The molecule has 0 saturated carbocycles. The van der Waals surface area contributed by atoms with Crippen LogP contribution < -0.4 is 10.6 Å². The lowest BCUT2D eigenvalue weighted by Gasteiger charge is -2.10. The van der Waals surface area contributed by atoms with Crippen molar-refractivity contribution in [2.45, 2.75) is 19.9 Å². The molecule has 0 saturated heterocycles. The van der Waals surface area contributed by atoms with Crippen molar-refractivity contribution in [1.82, 2.24) is 5.32 Å². The van der Waals surface area contributed by atoms with Gasteiger partial charge in [0.1, 0.15) is 0 Å². The summed E-state index contributed by atoms with van der Waals surface area (Å²) < 4.78 is 0. The first-order valence-corrected chi connectivity index (χ1v) is 4.89. The number of hydrogen-bond acceptors (Lipinski definition) is 3. The smallest absolute Gasteiger partial charge is 0.196 e. The molecule has 0 radical (unpaired) electrons. The van der Waals surface area contributed by atoms with Crippen LogP contribution in [0.4, 0.5) is 5.69 Å². The lowest BCUT2D eigenvalue weighted by molar-refractivity contribution is 0.725. The van der Waals surface area contributed by atoms with Crippen LogP contribution in [0.3, 0.4) is 0 Å². The molecule has 1 heterocycles. The monoisotopic (exact) mass is 189 g/mol. The fraction of sp³-hybridized carbons (Fsp3) is 0.364. The highest BCUT2D eigenvalue weighted by Gasteiger charge is 2.12. The Morgan fingerprint density at radius 3 is 2.86 bits per heavy atom. The van der Waals surface area contributed by atoms with Crippen LogP contribution in [0.25, 0.3) is 0 Å². The maximum atomic E-state index is 4.35. The van der Waals surface area contributed by atoms with Crippen LogP contribution in [0.1, 0.15) is 12.5 Å². The van der Waals surface area contributed by atoms with Crippen molar-refractivity contribution >= 4 is 11.6 Å². The zero-order valence-electron chi connectivity index (χ0n) is 8.54. The van der Waals surface area contributed by atoms with Crippen LogP contribution in [0.15, 0.2) is 29.3 Å². The van der Waals surface area contributed by atoms with Crippen molar-refractivity contribution in [3.8, 4) is 0 Å². The maximum absolute atomic E-state index is 4.35. The van der Waals surface area contributed by atoms with Gasteiger partial charge < -0.3 is 10.6 Å². The first-order chi connectivity index (χ1) is 6.75. The number of para-hydroxylation sites is 1. The molecule has 0 spiro atoms. The third kappa shape index (κ3) is 1.87. The van der Waals surface area contributed by atoms with E-state index in [9.17, 15) is 0 Å². The number of hydrogen-bond donors (Lipinski definition) is 2. The summed E-state index contributed by atoms with van der Waals surface area (Å²) in [7, 11) is 0. The standard InChI is InChI=1S/C11H15N3/c1-8-5-3-4-6-10(8)14-11-12-7-9(2)13-11/h3-6,9H,7H2,1-2H3,(H2,12,13,14). The average Bonchev–Trinajstić information content (AvgIpc) is 2.56. The molecule has 2 N–H and O–H groups in total. The zero-order valence-corrected chi connectivity index (χ0v) is 8.54. The molecule has 0 fully saturated rings. The summed E-state index contributed by atoms with van der Waals surface area (Å²) in [4.78, 5) is 4.35. The number of nitrogens with zero attached hydrogens (tertiary/aromatic N) is 1. The van der Waals surface area contributed by atoms with E-state index < -0.39 is 0 Å². The van der Waals surface area contributed by atoms with Gasteiger partial charge >= 0.3 is 0 Å². The number of aliphatic imine (C=N–C) groups is 1. The number of rotatable bonds is 1. The molecular weight excluding hydrogens is 174 g/mol. The minimum absolute atomic E-state index is 0.446. The van der Waals surface area contributed by atoms with Gasteiger partial charge in [-0.3, -0.25) is 4.99 Å². The SMILES string of the molecule is Cc1ccccc1NC1=NCC(C)N1. The van der Waals surface area contributed by atoms with E-state index in [0.717, 1.165) is 18.2 Å². The Labute approximate surface area is 84.2 Å². The first-order valence-electron chi connectivity index (χ1n) is 4.89. The molecular formula is C11H15N3. The van der Waals surface area contributed by atoms with E-state index in [1.54, 1.807) is 0 Å². The van der Waals surface area contributed by atoms with E-state index in [1.165, 1.54) is 5.56 Å². The molecule has 1 aromatic carbocycles. The molecule has 14 heavy (non-hydrogen) atoms. The van der Waals surface area contributed by atoms with E-state index in [2.05, 4.69) is 41.6 Å². The summed E-state index contributed by atoms with van der Waals surface area (Å²) in [5.74, 6) is 0.881. The topological polar surface area (TPSA) is 36.4 Å². The van der Waals surface area contributed by atoms with Crippen molar-refractivity contribution in [3.63, 3.8) is 0 Å². The van der Waals surface area contributed by atoms with E-state index in [-0.39, 0.29) is 0 Å². The summed E-state index contributed by atoms with van der Waals surface area (Å²) in [5.41, 5.74) is 2.35. The Hall–Kier alpha value is -1.51. The highest BCUT2D eigenvalue weighted by molar-refractivity contribution is 5.95. The third-order valence-electron chi connectivity index (χ3n) is 2.30. The van der Waals surface area contributed by atoms with Gasteiger partial charge in [-0.2, -0.15) is 0 Å². The van der Waals surface area contributed by atoms with Crippen LogP contribution in [-0.2, 0) is 0 Å². The Morgan fingerprint density at radius 2 is 2.21 bits per heavy atom. The molecule has 0 aliphatic carbocycles. The molecule has 3 heteroatoms. The van der Waals surface area contributed by atoms with Crippen molar-refractivity contribution < 1.29 is 0 Å². The minimum atomic E-state index is 0.446. The normalized spacial score (nSPS) is 20.1. The van der Waals surface area contributed by atoms with Crippen LogP contribution in [-0.4, -0.2) is 18.5 Å². The Balaban J connectivity index is 2.08. The summed E-state index contributed by atoms with van der Waals surface area (Å²) >= 11 is 0. The predicted molar refractivity (Wildman–Crippen MR) is 59.7 cm³/mol. The molecule has 2 rings (SSSR count). The molecule has 0 bridgehead atoms. The summed E-state index contributed by atoms with van der Waals surface area (Å²) in [6, 6.07) is 8.65. The number of nitrogens with one attached hydrogen (secondary N) is 2. The second-order valence-electron chi connectivity index (χ2n) is 3.67. The molecule has 1 aromatic rings. The highest BCUT2D eigenvalue weighted by atomic mass is 15.2. The molecule has 0 amide bonds. The van der Waals surface area contributed by atoms with Crippen LogP contribution in [0.2, 0.25) is 0 Å². The Kier molecular flexibility index (Phi) is 2.39. The van der Waals surface area contributed by atoms with Crippen molar-refractivity contribution in [2.24, 2.45) is 4.99 Å². The van der Waals surface area contributed by atoms with Crippen molar-refractivity contribution in [1.29, 1.82) is 0 Å². The molecule has 1 aliphatic rings. The summed E-state index contributed by atoms with van der Waals surface area (Å²) in [6.45, 7) is 5.06. The second kappa shape index (κ2) is 3.70. The van der Waals surface area contributed by atoms with Crippen LogP contribution >= 0.6 is 0 Å². The number of anilines is 1. The Bertz CT molecular complexity index is 357. The van der Waals surface area contributed by atoms with Crippen molar-refractivity contribution in [2.75, 3.05) is 11.9 Å². The summed E-state index contributed by atoms with van der Waals surface area (Å²) in [5, 5.41) is 6.55. The quantitative estimate of drug-likeness (QED) is 0.706. The largest absolute Gasteiger partial charge is 0.352 e. The molecule has 3 nitrogen and oxygen atoms in total. The molecule has 0 aromatic heterocycles. The lowest BCUT2D eigenvalue weighted by Crippen LogP contribution is -2.32. The first kappa shape index (κ1) is 9.06. The molecule has 74 valence electrons. The second-order valence-corrected chi connectivity index (χ2v) is 3.67. The van der Waals surface area contributed by atoms with Crippen molar-refractivity contribution in [3.05, 3.63) is 29.8 Å². The number of guanidine groups is 1. The van der Waals surface area contributed by atoms with Gasteiger partial charge in [-0.25, -0.2) is 0 Å². The van der Waals surface area contributed by atoms with Gasteiger partial charge in [-0.1, -0.05) is 18.2 Å². The highest BCUT2D eigenvalue weighted by Crippen LogP contribution is 2.13. The van der Waals surface area contributed by atoms with Gasteiger partial charge in [0.15, 0.2) is 5.96 Å². The van der Waals surface area contributed by atoms with Gasteiger partial charge in [-0.05, 0) is 25.5 Å². The lowest BCUT2D eigenvalue weighted by atomic mass is 10.2. The van der Waals surface area contributed by atoms with E-state index in [1.807, 2.05) is 12.1 Å². The molecule has 1 aliphatic heterocycles. The fourth-order valence-corrected chi connectivity index (χ4v) is 1.47. The van der Waals surface area contributed by atoms with Gasteiger partial charge in [0.2, 0.25) is 0 Å². The minimum Gasteiger partial charge on any atom is -0.352 e. The van der Waals surface area contributed by atoms with E-state index >= 15 is 0 Å².